The fraction of sp³-hybridized carbons (Fsp3) is 0.346. The van der Waals surface area contributed by atoms with Gasteiger partial charge in [0.2, 0.25) is 0 Å². The zero-order valence-electron chi connectivity index (χ0n) is 18.6. The zero-order chi connectivity index (χ0) is 22.9. The molecule has 1 aromatic carbocycles. The molecule has 0 N–H and O–H groups in total. The van der Waals surface area contributed by atoms with Crippen molar-refractivity contribution < 1.29 is 18.7 Å². The first-order valence-corrected chi connectivity index (χ1v) is 11.0. The SMILES string of the molecule is CCCCCCCOc1ccc(/C=C2/C(=O)N(Cc3ccco3)C(=O)C(C#N)=C2C)cc1. The average molecular weight is 433 g/mol. The summed E-state index contributed by atoms with van der Waals surface area (Å²) in [6.07, 6.45) is 9.09. The standard InChI is InChI=1S/C26H28N2O4/c1-3-4-5-6-7-14-31-21-12-10-20(11-13-21)16-23-19(2)24(17-27)26(30)28(25(23)29)18-22-9-8-15-32-22/h8-13,15-16H,3-7,14,18H2,1-2H3/b23-16+. The minimum absolute atomic E-state index is 0.0223. The van der Waals surface area contributed by atoms with Crippen LogP contribution in [0.15, 0.2) is 63.8 Å². The van der Waals surface area contributed by atoms with Gasteiger partial charge in [-0.3, -0.25) is 14.5 Å². The van der Waals surface area contributed by atoms with Gasteiger partial charge in [0.05, 0.1) is 19.4 Å². The van der Waals surface area contributed by atoms with E-state index in [9.17, 15) is 14.9 Å². The van der Waals surface area contributed by atoms with Crippen molar-refractivity contribution in [2.24, 2.45) is 0 Å². The molecule has 32 heavy (non-hydrogen) atoms. The molecule has 0 spiro atoms. The molecule has 1 aromatic heterocycles. The van der Waals surface area contributed by atoms with Crippen LogP contribution >= 0.6 is 0 Å². The second-order valence-corrected chi connectivity index (χ2v) is 7.78. The van der Waals surface area contributed by atoms with Gasteiger partial charge in [-0.15, -0.1) is 0 Å². The quantitative estimate of drug-likeness (QED) is 0.284. The number of benzene rings is 1. The Kier molecular flexibility index (Phi) is 8.04. The number of hydrogen-bond acceptors (Lipinski definition) is 5. The largest absolute Gasteiger partial charge is 0.494 e. The summed E-state index contributed by atoms with van der Waals surface area (Å²) >= 11 is 0. The second kappa shape index (κ2) is 11.1. The van der Waals surface area contributed by atoms with Crippen LogP contribution < -0.4 is 4.74 Å². The van der Waals surface area contributed by atoms with E-state index < -0.39 is 11.8 Å². The normalized spacial score (nSPS) is 15.4. The monoisotopic (exact) mass is 432 g/mol. The molecule has 2 aromatic rings. The first kappa shape index (κ1) is 23.1. The third-order valence-corrected chi connectivity index (χ3v) is 5.43. The minimum Gasteiger partial charge on any atom is -0.494 e. The van der Waals surface area contributed by atoms with E-state index >= 15 is 0 Å². The number of unbranched alkanes of at least 4 members (excludes halogenated alkanes) is 4. The van der Waals surface area contributed by atoms with Gasteiger partial charge in [0, 0.05) is 5.57 Å². The van der Waals surface area contributed by atoms with E-state index in [-0.39, 0.29) is 12.1 Å². The second-order valence-electron chi connectivity index (χ2n) is 7.78. The first-order chi connectivity index (χ1) is 15.5. The number of carbonyl (C=O) groups excluding carboxylic acids is 2. The molecule has 1 aliphatic heterocycles. The van der Waals surface area contributed by atoms with Crippen molar-refractivity contribution in [1.82, 2.24) is 4.90 Å². The number of nitriles is 1. The van der Waals surface area contributed by atoms with Gasteiger partial charge in [0.1, 0.15) is 23.2 Å². The zero-order valence-corrected chi connectivity index (χ0v) is 18.6. The maximum Gasteiger partial charge on any atom is 0.272 e. The molecule has 0 fully saturated rings. The molecule has 0 aliphatic carbocycles. The number of carbonyl (C=O) groups is 2. The molecule has 166 valence electrons. The predicted molar refractivity (Wildman–Crippen MR) is 121 cm³/mol. The van der Waals surface area contributed by atoms with Crippen LogP contribution in [0.1, 0.15) is 57.3 Å². The van der Waals surface area contributed by atoms with Gasteiger partial charge in [-0.1, -0.05) is 44.7 Å². The summed E-state index contributed by atoms with van der Waals surface area (Å²) < 4.78 is 11.1. The first-order valence-electron chi connectivity index (χ1n) is 11.0. The number of nitrogens with zero attached hydrogens (tertiary/aromatic N) is 2. The summed E-state index contributed by atoms with van der Waals surface area (Å²) in [6, 6.07) is 12.8. The van der Waals surface area contributed by atoms with Crippen LogP contribution in [-0.2, 0) is 16.1 Å². The Balaban J connectivity index is 1.74. The van der Waals surface area contributed by atoms with Crippen molar-refractivity contribution in [3.05, 3.63) is 70.7 Å². The molecule has 0 saturated carbocycles. The number of hydrogen-bond donors (Lipinski definition) is 0. The molecule has 6 nitrogen and oxygen atoms in total. The van der Waals surface area contributed by atoms with Crippen molar-refractivity contribution >= 4 is 17.9 Å². The molecule has 0 saturated heterocycles. The Labute approximate surface area is 188 Å². The highest BCUT2D eigenvalue weighted by molar-refractivity contribution is 6.19. The van der Waals surface area contributed by atoms with Crippen LogP contribution in [0.4, 0.5) is 0 Å². The highest BCUT2D eigenvalue weighted by Crippen LogP contribution is 2.28. The van der Waals surface area contributed by atoms with Crippen LogP contribution in [-0.4, -0.2) is 23.3 Å². The molecular weight excluding hydrogens is 404 g/mol. The predicted octanol–water partition coefficient (Wildman–Crippen LogP) is 5.42. The molecule has 2 amide bonds. The molecule has 3 rings (SSSR count). The van der Waals surface area contributed by atoms with Crippen LogP contribution in [0.2, 0.25) is 0 Å². The number of rotatable bonds is 10. The average Bonchev–Trinajstić information content (AvgIpc) is 3.31. The Morgan fingerprint density at radius 1 is 1.06 bits per heavy atom. The lowest BCUT2D eigenvalue weighted by Gasteiger charge is -2.26. The van der Waals surface area contributed by atoms with Crippen LogP contribution in [0.25, 0.3) is 6.08 Å². The Morgan fingerprint density at radius 3 is 2.47 bits per heavy atom. The minimum atomic E-state index is -0.605. The number of furan rings is 1. The fourth-order valence-electron chi connectivity index (χ4n) is 3.55. The van der Waals surface area contributed by atoms with Crippen molar-refractivity contribution in [2.75, 3.05) is 6.61 Å². The summed E-state index contributed by atoms with van der Waals surface area (Å²) in [5.41, 5.74) is 1.45. The van der Waals surface area contributed by atoms with Crippen LogP contribution in [0.5, 0.6) is 5.75 Å². The molecule has 0 unspecified atom stereocenters. The summed E-state index contributed by atoms with van der Waals surface area (Å²) in [5.74, 6) is 0.192. The van der Waals surface area contributed by atoms with Crippen molar-refractivity contribution in [2.45, 2.75) is 52.5 Å². The van der Waals surface area contributed by atoms with Gasteiger partial charge >= 0.3 is 0 Å². The summed E-state index contributed by atoms with van der Waals surface area (Å²) in [6.45, 7) is 4.48. The third kappa shape index (κ3) is 5.55. The fourth-order valence-corrected chi connectivity index (χ4v) is 3.55. The van der Waals surface area contributed by atoms with Gasteiger partial charge in [0.25, 0.3) is 11.8 Å². The Bertz CT molecular complexity index is 1040. The van der Waals surface area contributed by atoms with Crippen molar-refractivity contribution in [1.29, 1.82) is 5.26 Å². The van der Waals surface area contributed by atoms with E-state index in [4.69, 9.17) is 9.15 Å². The lowest BCUT2D eigenvalue weighted by molar-refractivity contribution is -0.141. The number of ether oxygens (including phenoxy) is 1. The molecule has 0 atom stereocenters. The molecular formula is C26H28N2O4. The van der Waals surface area contributed by atoms with Crippen LogP contribution in [0.3, 0.4) is 0 Å². The molecule has 0 bridgehead atoms. The molecule has 0 radical (unpaired) electrons. The van der Waals surface area contributed by atoms with Crippen molar-refractivity contribution in [3.63, 3.8) is 0 Å². The smallest absolute Gasteiger partial charge is 0.272 e. The van der Waals surface area contributed by atoms with E-state index in [0.29, 0.717) is 23.5 Å². The van der Waals surface area contributed by atoms with E-state index in [1.165, 1.54) is 31.9 Å². The summed E-state index contributed by atoms with van der Waals surface area (Å²) in [7, 11) is 0. The van der Waals surface area contributed by atoms with Gasteiger partial charge in [-0.2, -0.15) is 5.26 Å². The van der Waals surface area contributed by atoms with Crippen LogP contribution in [0, 0.1) is 11.3 Å². The molecule has 2 heterocycles. The van der Waals surface area contributed by atoms with Gasteiger partial charge in [-0.05, 0) is 54.8 Å². The summed E-state index contributed by atoms with van der Waals surface area (Å²) in [4.78, 5) is 26.8. The Hall–Kier alpha value is -3.59. The van der Waals surface area contributed by atoms with Crippen molar-refractivity contribution in [3.8, 4) is 11.8 Å². The van der Waals surface area contributed by atoms with E-state index in [1.54, 1.807) is 25.1 Å². The lowest BCUT2D eigenvalue weighted by Crippen LogP contribution is -2.42. The topological polar surface area (TPSA) is 83.5 Å². The summed E-state index contributed by atoms with van der Waals surface area (Å²) in [5, 5.41) is 9.50. The molecule has 1 aliphatic rings. The van der Waals surface area contributed by atoms with Gasteiger partial charge in [-0.25, -0.2) is 0 Å². The maximum atomic E-state index is 13.1. The molecule has 6 heteroatoms. The van der Waals surface area contributed by atoms with E-state index in [1.807, 2.05) is 30.3 Å². The number of amides is 2. The van der Waals surface area contributed by atoms with E-state index in [2.05, 4.69) is 6.92 Å². The Morgan fingerprint density at radius 2 is 1.81 bits per heavy atom. The van der Waals surface area contributed by atoms with Gasteiger partial charge in [0.15, 0.2) is 0 Å². The number of imide groups is 1. The highest BCUT2D eigenvalue weighted by Gasteiger charge is 2.35. The maximum absolute atomic E-state index is 13.1. The van der Waals surface area contributed by atoms with Gasteiger partial charge < -0.3 is 9.15 Å². The third-order valence-electron chi connectivity index (χ3n) is 5.43. The highest BCUT2D eigenvalue weighted by atomic mass is 16.5. The lowest BCUT2D eigenvalue weighted by atomic mass is 9.93. The van der Waals surface area contributed by atoms with E-state index in [0.717, 1.165) is 22.6 Å².